The van der Waals surface area contributed by atoms with Gasteiger partial charge in [0.15, 0.2) is 4.96 Å². The number of thiazole rings is 1. The second-order valence-electron chi connectivity index (χ2n) is 5.79. The first-order valence-electron chi connectivity index (χ1n) is 8.14. The smallest absolute Gasteiger partial charge is 0.261 e. The minimum absolute atomic E-state index is 0.0406. The van der Waals surface area contributed by atoms with E-state index in [0.29, 0.717) is 24.6 Å². The molecule has 0 saturated carbocycles. The van der Waals surface area contributed by atoms with E-state index in [-0.39, 0.29) is 12.0 Å². The minimum Gasteiger partial charge on any atom is -0.379 e. The molecule has 4 rings (SSSR count). The SMILES string of the molecule is O=C(NCCCOCC1CCCO1)c1cc2c(nc3sccn32)s1. The standard InChI is InChI=1S/C16H19N3O3S2/c20-14(17-4-2-6-21-10-11-3-1-7-22-11)13-9-12-15(24-13)18-16-19(12)5-8-23-16/h5,8-9,11H,1-4,6-7,10H2,(H,17,20). The van der Waals surface area contributed by atoms with Gasteiger partial charge >= 0.3 is 0 Å². The Morgan fingerprint density at radius 2 is 2.50 bits per heavy atom. The lowest BCUT2D eigenvalue weighted by atomic mass is 10.2. The molecule has 1 atom stereocenters. The normalized spacial score (nSPS) is 17.9. The Hall–Kier alpha value is -1.48. The summed E-state index contributed by atoms with van der Waals surface area (Å²) in [6, 6.07) is 1.91. The van der Waals surface area contributed by atoms with Crippen LogP contribution >= 0.6 is 22.7 Å². The third-order valence-electron chi connectivity index (χ3n) is 4.04. The average molecular weight is 365 g/mol. The van der Waals surface area contributed by atoms with E-state index >= 15 is 0 Å². The van der Waals surface area contributed by atoms with Crippen molar-refractivity contribution in [1.29, 1.82) is 0 Å². The molecule has 1 N–H and O–H groups in total. The van der Waals surface area contributed by atoms with Crippen LogP contribution in [0.2, 0.25) is 0 Å². The molecule has 3 aromatic heterocycles. The number of thiophene rings is 1. The summed E-state index contributed by atoms with van der Waals surface area (Å²) >= 11 is 3.03. The Morgan fingerprint density at radius 1 is 1.54 bits per heavy atom. The predicted molar refractivity (Wildman–Crippen MR) is 95.2 cm³/mol. The van der Waals surface area contributed by atoms with Crippen molar-refractivity contribution in [3.8, 4) is 0 Å². The lowest BCUT2D eigenvalue weighted by Crippen LogP contribution is -2.25. The van der Waals surface area contributed by atoms with E-state index in [0.717, 1.165) is 41.2 Å². The number of carbonyl (C=O) groups excluding carboxylic acids is 1. The summed E-state index contributed by atoms with van der Waals surface area (Å²) in [5.74, 6) is -0.0406. The van der Waals surface area contributed by atoms with Crippen LogP contribution in [0.3, 0.4) is 0 Å². The number of imidazole rings is 1. The van der Waals surface area contributed by atoms with Crippen LogP contribution in [0.15, 0.2) is 17.6 Å². The Morgan fingerprint density at radius 3 is 3.38 bits per heavy atom. The average Bonchev–Trinajstić information content (AvgIpc) is 3.31. The zero-order valence-corrected chi connectivity index (χ0v) is 14.8. The van der Waals surface area contributed by atoms with Gasteiger partial charge < -0.3 is 14.8 Å². The van der Waals surface area contributed by atoms with E-state index in [4.69, 9.17) is 9.47 Å². The molecule has 1 amide bonds. The fraction of sp³-hybridized carbons (Fsp3) is 0.500. The number of rotatable bonds is 7. The van der Waals surface area contributed by atoms with Crippen molar-refractivity contribution in [1.82, 2.24) is 14.7 Å². The van der Waals surface area contributed by atoms with Crippen molar-refractivity contribution in [3.05, 3.63) is 22.5 Å². The quantitative estimate of drug-likeness (QED) is 0.654. The highest BCUT2D eigenvalue weighted by molar-refractivity contribution is 7.21. The second-order valence-corrected chi connectivity index (χ2v) is 7.69. The monoisotopic (exact) mass is 365 g/mol. The fourth-order valence-electron chi connectivity index (χ4n) is 2.81. The number of fused-ring (bicyclic) bond motifs is 3. The Bertz CT molecular complexity index is 832. The van der Waals surface area contributed by atoms with Crippen LogP contribution in [-0.4, -0.2) is 47.8 Å². The molecule has 0 aliphatic carbocycles. The van der Waals surface area contributed by atoms with E-state index in [9.17, 15) is 4.79 Å². The summed E-state index contributed by atoms with van der Waals surface area (Å²) in [4.78, 5) is 19.3. The summed E-state index contributed by atoms with van der Waals surface area (Å²) in [5, 5.41) is 4.94. The number of aromatic nitrogens is 2. The molecule has 8 heteroatoms. The number of nitrogens with zero attached hydrogens (tertiary/aromatic N) is 2. The van der Waals surface area contributed by atoms with Crippen LogP contribution in [0, 0.1) is 0 Å². The van der Waals surface area contributed by atoms with Gasteiger partial charge in [-0.3, -0.25) is 9.20 Å². The molecule has 24 heavy (non-hydrogen) atoms. The highest BCUT2D eigenvalue weighted by Gasteiger charge is 2.16. The number of hydrogen-bond acceptors (Lipinski definition) is 6. The van der Waals surface area contributed by atoms with E-state index in [2.05, 4.69) is 10.3 Å². The molecule has 1 saturated heterocycles. The van der Waals surface area contributed by atoms with Crippen molar-refractivity contribution < 1.29 is 14.3 Å². The first kappa shape index (κ1) is 16.0. The summed E-state index contributed by atoms with van der Waals surface area (Å²) < 4.78 is 13.1. The molecule has 1 fully saturated rings. The first-order chi connectivity index (χ1) is 11.8. The number of amides is 1. The number of nitrogens with one attached hydrogen (secondary N) is 1. The van der Waals surface area contributed by atoms with E-state index < -0.39 is 0 Å². The molecule has 0 bridgehead atoms. The van der Waals surface area contributed by atoms with Crippen molar-refractivity contribution >= 4 is 43.9 Å². The predicted octanol–water partition coefficient (Wildman–Crippen LogP) is 2.93. The van der Waals surface area contributed by atoms with Crippen molar-refractivity contribution in [2.24, 2.45) is 0 Å². The molecule has 1 aliphatic heterocycles. The Kier molecular flexibility index (Phi) is 4.79. The van der Waals surface area contributed by atoms with E-state index in [1.807, 2.05) is 22.0 Å². The van der Waals surface area contributed by atoms with Crippen LogP contribution < -0.4 is 5.32 Å². The van der Waals surface area contributed by atoms with Crippen molar-refractivity contribution in [3.63, 3.8) is 0 Å². The Labute approximate surface area is 147 Å². The molecule has 4 heterocycles. The van der Waals surface area contributed by atoms with Gasteiger partial charge in [-0.15, -0.1) is 22.7 Å². The van der Waals surface area contributed by atoms with E-state index in [1.165, 1.54) is 11.3 Å². The molecule has 1 aliphatic rings. The zero-order chi connectivity index (χ0) is 16.4. The maximum absolute atomic E-state index is 12.2. The third kappa shape index (κ3) is 3.32. The molecule has 1 unspecified atom stereocenters. The molecule has 0 radical (unpaired) electrons. The largest absolute Gasteiger partial charge is 0.379 e. The molecule has 128 valence electrons. The lowest BCUT2D eigenvalue weighted by molar-refractivity contribution is 0.0166. The van der Waals surface area contributed by atoms with Gasteiger partial charge in [0, 0.05) is 31.3 Å². The van der Waals surface area contributed by atoms with Gasteiger partial charge in [-0.2, -0.15) is 0 Å². The van der Waals surface area contributed by atoms with Crippen LogP contribution in [0.4, 0.5) is 0 Å². The molecular weight excluding hydrogens is 346 g/mol. The van der Waals surface area contributed by atoms with Gasteiger partial charge in [0.1, 0.15) is 4.83 Å². The highest BCUT2D eigenvalue weighted by Crippen LogP contribution is 2.28. The van der Waals surface area contributed by atoms with Crippen LogP contribution in [-0.2, 0) is 9.47 Å². The summed E-state index contributed by atoms with van der Waals surface area (Å²) in [5.41, 5.74) is 1.00. The second kappa shape index (κ2) is 7.18. The molecule has 3 aromatic rings. The van der Waals surface area contributed by atoms with Gasteiger partial charge in [0.25, 0.3) is 5.91 Å². The highest BCUT2D eigenvalue weighted by atomic mass is 32.1. The van der Waals surface area contributed by atoms with Gasteiger partial charge in [-0.1, -0.05) is 0 Å². The molecule has 6 nitrogen and oxygen atoms in total. The Balaban J connectivity index is 1.23. The first-order valence-corrected chi connectivity index (χ1v) is 9.83. The summed E-state index contributed by atoms with van der Waals surface area (Å²) in [7, 11) is 0. The van der Waals surface area contributed by atoms with Gasteiger partial charge in [0.05, 0.1) is 23.1 Å². The topological polar surface area (TPSA) is 64.9 Å². The van der Waals surface area contributed by atoms with Gasteiger partial charge in [-0.05, 0) is 25.3 Å². The summed E-state index contributed by atoms with van der Waals surface area (Å²) in [6.07, 6.45) is 5.27. The van der Waals surface area contributed by atoms with E-state index in [1.54, 1.807) is 11.3 Å². The fourth-order valence-corrected chi connectivity index (χ4v) is 4.53. The number of hydrogen-bond donors (Lipinski definition) is 1. The third-order valence-corrected chi connectivity index (χ3v) is 5.82. The maximum Gasteiger partial charge on any atom is 0.261 e. The van der Waals surface area contributed by atoms with Gasteiger partial charge in [-0.25, -0.2) is 4.98 Å². The van der Waals surface area contributed by atoms with Crippen molar-refractivity contribution in [2.75, 3.05) is 26.4 Å². The number of carbonyl (C=O) groups is 1. The molecule has 0 aromatic carbocycles. The maximum atomic E-state index is 12.2. The number of ether oxygens (including phenoxy) is 2. The minimum atomic E-state index is -0.0406. The summed E-state index contributed by atoms with van der Waals surface area (Å²) in [6.45, 7) is 2.77. The van der Waals surface area contributed by atoms with Crippen LogP contribution in [0.5, 0.6) is 0 Å². The van der Waals surface area contributed by atoms with Crippen LogP contribution in [0.25, 0.3) is 15.3 Å². The molecular formula is C16H19N3O3S2. The van der Waals surface area contributed by atoms with Crippen molar-refractivity contribution in [2.45, 2.75) is 25.4 Å². The lowest BCUT2D eigenvalue weighted by Gasteiger charge is -2.10. The molecule has 0 spiro atoms. The van der Waals surface area contributed by atoms with Crippen LogP contribution in [0.1, 0.15) is 28.9 Å². The van der Waals surface area contributed by atoms with Gasteiger partial charge in [0.2, 0.25) is 0 Å². The zero-order valence-electron chi connectivity index (χ0n) is 13.2.